The summed E-state index contributed by atoms with van der Waals surface area (Å²) >= 11 is 0. The molecule has 1 amide bonds. The second kappa shape index (κ2) is 8.42. The van der Waals surface area contributed by atoms with Gasteiger partial charge in [-0.25, -0.2) is 8.78 Å². The van der Waals surface area contributed by atoms with Gasteiger partial charge in [0.2, 0.25) is 0 Å². The molecule has 20 heavy (non-hydrogen) atoms. The Hall–Kier alpha value is -1.76. The number of aliphatic hydroxyl groups is 1. The molecule has 0 bridgehead atoms. The molecule has 5 nitrogen and oxygen atoms in total. The minimum atomic E-state index is -2.58. The van der Waals surface area contributed by atoms with Crippen molar-refractivity contribution in [2.45, 2.75) is 32.3 Å². The van der Waals surface area contributed by atoms with E-state index in [-0.39, 0.29) is 18.0 Å². The molecule has 1 heterocycles. The van der Waals surface area contributed by atoms with Crippen LogP contribution in [0.25, 0.3) is 0 Å². The fourth-order valence-corrected chi connectivity index (χ4v) is 1.52. The number of amides is 1. The highest BCUT2D eigenvalue weighted by molar-refractivity contribution is 5.92. The zero-order chi connectivity index (χ0) is 15.0. The Bertz CT molecular complexity index is 430. The van der Waals surface area contributed by atoms with Gasteiger partial charge in [0.15, 0.2) is 0 Å². The topological polar surface area (TPSA) is 71.5 Å². The van der Waals surface area contributed by atoms with Gasteiger partial charge in [-0.05, 0) is 12.5 Å². The zero-order valence-corrected chi connectivity index (χ0v) is 11.2. The number of carbonyl (C=O) groups excluding carboxylic acids is 1. The molecule has 0 aliphatic carbocycles. The van der Waals surface area contributed by atoms with Gasteiger partial charge in [-0.15, -0.1) is 0 Å². The molecule has 0 radical (unpaired) electrons. The third-order valence-corrected chi connectivity index (χ3v) is 2.46. The molecule has 0 aliphatic rings. The molecule has 7 heteroatoms. The summed E-state index contributed by atoms with van der Waals surface area (Å²) in [5.41, 5.74) is 0.0560. The monoisotopic (exact) mass is 288 g/mol. The lowest BCUT2D eigenvalue weighted by Crippen LogP contribution is -2.32. The molecule has 0 saturated carbocycles. The van der Waals surface area contributed by atoms with Gasteiger partial charge < -0.3 is 15.2 Å². The van der Waals surface area contributed by atoms with E-state index in [4.69, 9.17) is 4.74 Å². The van der Waals surface area contributed by atoms with Crippen LogP contribution in [0.5, 0.6) is 5.75 Å². The number of alkyl halides is 2. The van der Waals surface area contributed by atoms with Gasteiger partial charge in [0.05, 0.1) is 6.10 Å². The van der Waals surface area contributed by atoms with Crippen molar-refractivity contribution >= 4 is 5.91 Å². The van der Waals surface area contributed by atoms with Crippen molar-refractivity contribution in [3.8, 4) is 5.75 Å². The average Bonchev–Trinajstić information content (AvgIpc) is 2.43. The maximum Gasteiger partial charge on any atom is 0.272 e. The molecule has 0 aromatic carbocycles. The zero-order valence-electron chi connectivity index (χ0n) is 11.2. The minimum Gasteiger partial charge on any atom is -0.488 e. The van der Waals surface area contributed by atoms with Gasteiger partial charge in [0.1, 0.15) is 18.1 Å². The largest absolute Gasteiger partial charge is 0.488 e. The Morgan fingerprint density at radius 3 is 2.95 bits per heavy atom. The van der Waals surface area contributed by atoms with Gasteiger partial charge in [-0.1, -0.05) is 13.3 Å². The van der Waals surface area contributed by atoms with Crippen LogP contribution >= 0.6 is 0 Å². The van der Waals surface area contributed by atoms with Crippen LogP contribution in [0, 0.1) is 0 Å². The molecule has 0 fully saturated rings. The van der Waals surface area contributed by atoms with E-state index < -0.39 is 25.0 Å². The average molecular weight is 288 g/mol. The lowest BCUT2D eigenvalue weighted by atomic mass is 10.2. The van der Waals surface area contributed by atoms with E-state index in [1.807, 2.05) is 6.92 Å². The number of ether oxygens (including phenoxy) is 1. The number of carbonyl (C=O) groups is 1. The molecule has 1 atom stereocenters. The van der Waals surface area contributed by atoms with Crippen LogP contribution in [0.3, 0.4) is 0 Å². The molecular weight excluding hydrogens is 270 g/mol. The maximum absolute atomic E-state index is 12.0. The molecule has 1 rings (SSSR count). The summed E-state index contributed by atoms with van der Waals surface area (Å²) in [7, 11) is 0. The number of aromatic nitrogens is 1. The number of hydrogen-bond donors (Lipinski definition) is 2. The van der Waals surface area contributed by atoms with Crippen molar-refractivity contribution in [3.63, 3.8) is 0 Å². The van der Waals surface area contributed by atoms with Crippen LogP contribution in [0.4, 0.5) is 8.78 Å². The first kappa shape index (κ1) is 16.3. The van der Waals surface area contributed by atoms with E-state index >= 15 is 0 Å². The number of nitrogens with zero attached hydrogens (tertiary/aromatic N) is 1. The summed E-state index contributed by atoms with van der Waals surface area (Å²) in [5, 5.41) is 12.0. The van der Waals surface area contributed by atoms with Crippen LogP contribution < -0.4 is 10.1 Å². The molecule has 2 N–H and O–H groups in total. The van der Waals surface area contributed by atoms with E-state index in [1.54, 1.807) is 0 Å². The van der Waals surface area contributed by atoms with Crippen LogP contribution in [-0.2, 0) is 0 Å². The molecule has 1 aromatic heterocycles. The Kier molecular flexibility index (Phi) is 6.86. The Labute approximate surface area is 116 Å². The van der Waals surface area contributed by atoms with Crippen LogP contribution in [0.2, 0.25) is 0 Å². The van der Waals surface area contributed by atoms with E-state index in [9.17, 15) is 18.7 Å². The Morgan fingerprint density at radius 1 is 1.55 bits per heavy atom. The van der Waals surface area contributed by atoms with E-state index in [2.05, 4.69) is 10.3 Å². The van der Waals surface area contributed by atoms with Crippen LogP contribution in [0.15, 0.2) is 18.3 Å². The molecule has 0 saturated heterocycles. The Morgan fingerprint density at radius 2 is 2.30 bits per heavy atom. The minimum absolute atomic E-state index is 0.0560. The highest BCUT2D eigenvalue weighted by Crippen LogP contribution is 2.12. The van der Waals surface area contributed by atoms with Crippen molar-refractivity contribution in [3.05, 3.63) is 24.0 Å². The quantitative estimate of drug-likeness (QED) is 0.762. The lowest BCUT2D eigenvalue weighted by molar-refractivity contribution is 0.0816. The first-order chi connectivity index (χ1) is 9.52. The number of pyridine rings is 1. The van der Waals surface area contributed by atoms with E-state index in [1.165, 1.54) is 18.3 Å². The molecule has 0 spiro atoms. The predicted molar refractivity (Wildman–Crippen MR) is 69.0 cm³/mol. The van der Waals surface area contributed by atoms with E-state index in [0.29, 0.717) is 6.42 Å². The van der Waals surface area contributed by atoms with Gasteiger partial charge >= 0.3 is 0 Å². The molecule has 0 aliphatic heterocycles. The van der Waals surface area contributed by atoms with Crippen molar-refractivity contribution in [1.29, 1.82) is 0 Å². The summed E-state index contributed by atoms with van der Waals surface area (Å²) < 4.78 is 28.8. The summed E-state index contributed by atoms with van der Waals surface area (Å²) in [4.78, 5) is 15.6. The van der Waals surface area contributed by atoms with Crippen LogP contribution in [0.1, 0.15) is 30.3 Å². The molecule has 112 valence electrons. The van der Waals surface area contributed by atoms with Crippen molar-refractivity contribution in [2.75, 3.05) is 13.2 Å². The lowest BCUT2D eigenvalue weighted by Gasteiger charge is -2.11. The number of halogens is 2. The van der Waals surface area contributed by atoms with Crippen molar-refractivity contribution in [2.24, 2.45) is 0 Å². The van der Waals surface area contributed by atoms with Gasteiger partial charge in [-0.3, -0.25) is 9.78 Å². The first-order valence-electron chi connectivity index (χ1n) is 6.36. The summed E-state index contributed by atoms with van der Waals surface area (Å²) in [5.74, 6) is -0.331. The fraction of sp³-hybridized carbons (Fsp3) is 0.538. The van der Waals surface area contributed by atoms with Crippen LogP contribution in [-0.4, -0.2) is 41.7 Å². The molecular formula is C13H18F2N2O3. The van der Waals surface area contributed by atoms with Gasteiger partial charge in [-0.2, -0.15) is 0 Å². The predicted octanol–water partition coefficient (Wildman–Crippen LogP) is 1.62. The Balaban J connectivity index is 2.53. The number of rotatable bonds is 8. The van der Waals surface area contributed by atoms with Gasteiger partial charge in [0, 0.05) is 18.8 Å². The number of hydrogen-bond acceptors (Lipinski definition) is 4. The summed E-state index contributed by atoms with van der Waals surface area (Å²) in [6, 6.07) is 2.68. The van der Waals surface area contributed by atoms with Crippen molar-refractivity contribution in [1.82, 2.24) is 10.3 Å². The highest BCUT2D eigenvalue weighted by Gasteiger charge is 2.11. The number of nitrogens with one attached hydrogen (secondary N) is 1. The number of aliphatic hydroxyl groups excluding tert-OH is 1. The highest BCUT2D eigenvalue weighted by atomic mass is 19.3. The second-order valence-corrected chi connectivity index (χ2v) is 4.23. The maximum atomic E-state index is 12.0. The molecule has 1 unspecified atom stereocenters. The first-order valence-corrected chi connectivity index (χ1v) is 6.36. The fourth-order valence-electron chi connectivity index (χ4n) is 1.52. The van der Waals surface area contributed by atoms with E-state index in [0.717, 1.165) is 6.42 Å². The smallest absolute Gasteiger partial charge is 0.272 e. The standard InChI is InChI=1S/C13H18F2N2O3/c1-2-3-9(18)7-17-13(19)11-6-10(4-5-16-11)20-8-12(14)15/h4-6,9,12,18H,2-3,7-8H2,1H3,(H,17,19). The second-order valence-electron chi connectivity index (χ2n) is 4.23. The van der Waals surface area contributed by atoms with Crippen molar-refractivity contribution < 1.29 is 23.4 Å². The SMILES string of the molecule is CCCC(O)CNC(=O)c1cc(OCC(F)F)ccn1. The van der Waals surface area contributed by atoms with Gasteiger partial charge in [0.25, 0.3) is 12.3 Å². The third-order valence-electron chi connectivity index (χ3n) is 2.46. The third kappa shape index (κ3) is 5.92. The normalized spacial score (nSPS) is 12.2. The molecule has 1 aromatic rings. The summed E-state index contributed by atoms with van der Waals surface area (Å²) in [6.07, 6.45) is -0.484. The summed E-state index contributed by atoms with van der Waals surface area (Å²) in [6.45, 7) is 1.31.